The molecule has 1 amide bonds. The van der Waals surface area contributed by atoms with E-state index in [0.717, 1.165) is 0 Å². The van der Waals surface area contributed by atoms with Crippen LogP contribution in [-0.4, -0.2) is 37.6 Å². The molecule has 0 radical (unpaired) electrons. The van der Waals surface area contributed by atoms with Gasteiger partial charge in [0.25, 0.3) is 0 Å². The highest BCUT2D eigenvalue weighted by atomic mass is 79.9. The summed E-state index contributed by atoms with van der Waals surface area (Å²) in [7, 11) is 0. The van der Waals surface area contributed by atoms with Gasteiger partial charge < -0.3 is 25.6 Å². The molecule has 4 N–H and O–H groups in total. The average molecular weight is 660 g/mol. The third kappa shape index (κ3) is 5.70. The molecule has 0 aliphatic heterocycles. The van der Waals surface area contributed by atoms with E-state index in [-0.39, 0.29) is 40.7 Å². The highest BCUT2D eigenvalue weighted by Crippen LogP contribution is 2.40. The summed E-state index contributed by atoms with van der Waals surface area (Å²) >= 11 is 6.42. The number of aryl methyl sites for hydroxylation is 1. The summed E-state index contributed by atoms with van der Waals surface area (Å²) in [5, 5.41) is 19.8. The van der Waals surface area contributed by atoms with E-state index in [1.54, 1.807) is 37.3 Å². The lowest BCUT2D eigenvalue weighted by Gasteiger charge is -2.16. The van der Waals surface area contributed by atoms with Gasteiger partial charge in [0.15, 0.2) is 0 Å². The molecule has 2 aromatic carbocycles. The molecule has 0 aliphatic carbocycles. The molecular formula is C24H20Br2F4N6O2. The highest BCUT2D eigenvalue weighted by Gasteiger charge is 2.35. The number of aromatic nitrogens is 3. The molecule has 0 atom stereocenters. The number of hydrogen-bond acceptors (Lipinski definition) is 6. The minimum Gasteiger partial charge on any atom is -0.494 e. The van der Waals surface area contributed by atoms with Gasteiger partial charge in [0, 0.05) is 27.4 Å². The molecule has 0 fully saturated rings. The normalized spacial score (nSPS) is 11.6. The van der Waals surface area contributed by atoms with Crippen LogP contribution in [0.1, 0.15) is 11.3 Å². The van der Waals surface area contributed by atoms with E-state index in [0.29, 0.717) is 33.1 Å². The third-order valence-electron chi connectivity index (χ3n) is 5.61. The Morgan fingerprint density at radius 2 is 1.92 bits per heavy atom. The first-order valence-corrected chi connectivity index (χ1v) is 12.9. The molecule has 2 aromatic heterocycles. The number of nitrogens with zero attached hydrogens (tertiary/aromatic N) is 3. The van der Waals surface area contributed by atoms with Crippen LogP contribution in [0, 0.1) is 6.92 Å². The van der Waals surface area contributed by atoms with Gasteiger partial charge in [0.1, 0.15) is 18.1 Å². The van der Waals surface area contributed by atoms with Gasteiger partial charge in [-0.05, 0) is 47.1 Å². The first kappa shape index (κ1) is 27.6. The zero-order valence-electron chi connectivity index (χ0n) is 19.6. The van der Waals surface area contributed by atoms with Crippen LogP contribution in [0.5, 0.6) is 5.88 Å². The first-order valence-electron chi connectivity index (χ1n) is 11.0. The number of rotatable bonds is 8. The lowest BCUT2D eigenvalue weighted by atomic mass is 10.1. The lowest BCUT2D eigenvalue weighted by molar-refractivity contribution is -0.137. The lowest BCUT2D eigenvalue weighted by Crippen LogP contribution is -2.13. The molecule has 0 aliphatic rings. The predicted molar refractivity (Wildman–Crippen MR) is 144 cm³/mol. The second-order valence-corrected chi connectivity index (χ2v) is 9.47. The summed E-state index contributed by atoms with van der Waals surface area (Å²) in [6, 6.07) is 9.59. The largest absolute Gasteiger partial charge is 0.494 e. The zero-order chi connectivity index (χ0) is 27.6. The van der Waals surface area contributed by atoms with E-state index in [1.165, 1.54) is 10.6 Å². The number of amides is 1. The van der Waals surface area contributed by atoms with Crippen molar-refractivity contribution in [1.82, 2.24) is 14.5 Å². The van der Waals surface area contributed by atoms with Gasteiger partial charge in [-0.3, -0.25) is 4.79 Å². The van der Waals surface area contributed by atoms with Crippen molar-refractivity contribution in [3.05, 3.63) is 58.3 Å². The van der Waals surface area contributed by atoms with Crippen LogP contribution in [-0.2, 0) is 17.5 Å². The van der Waals surface area contributed by atoms with E-state index >= 15 is 0 Å². The van der Waals surface area contributed by atoms with E-state index in [9.17, 15) is 27.5 Å². The Morgan fingerprint density at radius 3 is 2.58 bits per heavy atom. The number of fused-ring (bicyclic) bond motifs is 1. The standard InChI is InChI=1S/C24H20Br2F4N6O2/c1-12-14-3-2-4-18(20(14)22(38)36(12)8-7-27)33-21-15(24(28,29)30)11-31-23(35-21)34-17-6-5-13(9-16(17)26)32-19(37)10-25/h2-6,9,11,38H,7-8,10H2,1H3,(H,32,37)(H2,31,33,34,35). The van der Waals surface area contributed by atoms with Crippen LogP contribution < -0.4 is 16.0 Å². The van der Waals surface area contributed by atoms with Gasteiger partial charge in [-0.15, -0.1) is 0 Å². The summed E-state index contributed by atoms with van der Waals surface area (Å²) in [6.07, 6.45) is -4.13. The van der Waals surface area contributed by atoms with E-state index in [2.05, 4.69) is 57.8 Å². The van der Waals surface area contributed by atoms with Crippen molar-refractivity contribution in [2.24, 2.45) is 0 Å². The van der Waals surface area contributed by atoms with E-state index < -0.39 is 24.2 Å². The predicted octanol–water partition coefficient (Wildman–Crippen LogP) is 7.02. The number of benzene rings is 2. The van der Waals surface area contributed by atoms with E-state index in [1.807, 2.05) is 0 Å². The number of halogens is 6. The molecule has 0 bridgehead atoms. The van der Waals surface area contributed by atoms with Crippen LogP contribution in [0.3, 0.4) is 0 Å². The second-order valence-electron chi connectivity index (χ2n) is 8.06. The molecule has 2 heterocycles. The van der Waals surface area contributed by atoms with Crippen LogP contribution in [0.15, 0.2) is 47.1 Å². The Kier molecular flexibility index (Phi) is 8.11. The quantitative estimate of drug-likeness (QED) is 0.120. The van der Waals surface area contributed by atoms with Gasteiger partial charge in [-0.2, -0.15) is 18.2 Å². The minimum absolute atomic E-state index is 0.103. The van der Waals surface area contributed by atoms with Gasteiger partial charge >= 0.3 is 6.18 Å². The number of alkyl halides is 5. The summed E-state index contributed by atoms with van der Waals surface area (Å²) in [5.41, 5.74) is 0.549. The molecule has 38 heavy (non-hydrogen) atoms. The Hall–Kier alpha value is -3.39. The number of carbonyl (C=O) groups excluding carboxylic acids is 1. The minimum atomic E-state index is -4.78. The number of hydrogen-bond donors (Lipinski definition) is 4. The van der Waals surface area contributed by atoms with E-state index in [4.69, 9.17) is 0 Å². The van der Waals surface area contributed by atoms with Crippen molar-refractivity contribution in [1.29, 1.82) is 0 Å². The fourth-order valence-electron chi connectivity index (χ4n) is 3.88. The molecule has 14 heteroatoms. The fourth-order valence-corrected chi connectivity index (χ4v) is 4.50. The van der Waals surface area contributed by atoms with Crippen molar-refractivity contribution in [3.8, 4) is 5.88 Å². The topological polar surface area (TPSA) is 104 Å². The number of anilines is 5. The molecule has 4 aromatic rings. The Balaban J connectivity index is 1.72. The maximum Gasteiger partial charge on any atom is 0.421 e. The molecule has 4 rings (SSSR count). The number of aromatic hydroxyl groups is 1. The molecule has 0 saturated heterocycles. The Bertz CT molecular complexity index is 1510. The van der Waals surface area contributed by atoms with Crippen molar-refractivity contribution in [3.63, 3.8) is 0 Å². The zero-order valence-corrected chi connectivity index (χ0v) is 22.8. The molecule has 8 nitrogen and oxygen atoms in total. The van der Waals surface area contributed by atoms with Crippen molar-refractivity contribution in [2.45, 2.75) is 19.6 Å². The average Bonchev–Trinajstić information content (AvgIpc) is 3.11. The van der Waals surface area contributed by atoms with Gasteiger partial charge in [-0.1, -0.05) is 28.1 Å². The van der Waals surface area contributed by atoms with Gasteiger partial charge in [-0.25, -0.2) is 9.37 Å². The number of nitrogens with one attached hydrogen (secondary N) is 3. The van der Waals surface area contributed by atoms with Crippen LogP contribution in [0.25, 0.3) is 10.8 Å². The summed E-state index contributed by atoms with van der Waals surface area (Å²) in [6.45, 7) is 0.856. The summed E-state index contributed by atoms with van der Waals surface area (Å²) in [5.74, 6) is -1.21. The van der Waals surface area contributed by atoms with Gasteiger partial charge in [0.05, 0.1) is 28.6 Å². The fraction of sp³-hybridized carbons (Fsp3) is 0.208. The smallest absolute Gasteiger partial charge is 0.421 e. The Labute approximate surface area is 230 Å². The van der Waals surface area contributed by atoms with Crippen LogP contribution in [0.4, 0.5) is 46.4 Å². The summed E-state index contributed by atoms with van der Waals surface area (Å²) < 4.78 is 56.4. The maximum atomic E-state index is 13.8. The highest BCUT2D eigenvalue weighted by molar-refractivity contribution is 9.10. The monoisotopic (exact) mass is 658 g/mol. The number of carbonyl (C=O) groups is 1. The summed E-state index contributed by atoms with van der Waals surface area (Å²) in [4.78, 5) is 19.5. The van der Waals surface area contributed by atoms with Crippen molar-refractivity contribution < 1.29 is 27.5 Å². The van der Waals surface area contributed by atoms with Gasteiger partial charge in [0.2, 0.25) is 17.7 Å². The van der Waals surface area contributed by atoms with Crippen LogP contribution in [0.2, 0.25) is 0 Å². The molecule has 0 spiro atoms. The Morgan fingerprint density at radius 1 is 1.16 bits per heavy atom. The van der Waals surface area contributed by atoms with Crippen molar-refractivity contribution in [2.75, 3.05) is 28.0 Å². The SMILES string of the molecule is Cc1c2cccc(Nc3nc(Nc4ccc(NC(=O)CBr)cc4Br)ncc3C(F)(F)F)c2c(O)n1CCF. The molecule has 0 saturated carbocycles. The van der Waals surface area contributed by atoms with Crippen LogP contribution >= 0.6 is 31.9 Å². The van der Waals surface area contributed by atoms with Crippen molar-refractivity contribution >= 4 is 77.4 Å². The molecule has 0 unspecified atom stereocenters. The third-order valence-corrected chi connectivity index (χ3v) is 6.78. The first-order chi connectivity index (χ1) is 18.0. The molecular weight excluding hydrogens is 640 g/mol. The molecule has 200 valence electrons. The maximum absolute atomic E-state index is 13.8. The second kappa shape index (κ2) is 11.2.